The average Bonchev–Trinajstić information content (AvgIpc) is 2.87. The van der Waals surface area contributed by atoms with Gasteiger partial charge in [0.15, 0.2) is 5.82 Å². The van der Waals surface area contributed by atoms with Crippen LogP contribution in [-0.4, -0.2) is 21.3 Å². The van der Waals surface area contributed by atoms with Gasteiger partial charge in [0, 0.05) is 18.7 Å². The predicted molar refractivity (Wildman–Crippen MR) is 71.2 cm³/mol. The Bertz CT molecular complexity index is 544. The normalized spacial score (nSPS) is 14.5. The number of nitrogens with zero attached hydrogens (tertiary/aromatic N) is 3. The van der Waals surface area contributed by atoms with E-state index in [-0.39, 0.29) is 0 Å². The predicted octanol–water partition coefficient (Wildman–Crippen LogP) is 2.00. The van der Waals surface area contributed by atoms with Crippen molar-refractivity contribution in [3.05, 3.63) is 35.7 Å². The van der Waals surface area contributed by atoms with Gasteiger partial charge in [-0.2, -0.15) is 0 Å². The van der Waals surface area contributed by atoms with Crippen LogP contribution in [0.2, 0.25) is 0 Å². The van der Waals surface area contributed by atoms with Crippen LogP contribution in [0.4, 0.5) is 0 Å². The van der Waals surface area contributed by atoms with E-state index < -0.39 is 0 Å². The topological polar surface area (TPSA) is 42.7 Å². The van der Waals surface area contributed by atoms with Crippen LogP contribution in [0.5, 0.6) is 0 Å². The molecule has 0 amide bonds. The summed E-state index contributed by atoms with van der Waals surface area (Å²) in [6, 6.07) is 6.65. The molecule has 0 saturated heterocycles. The molecule has 0 radical (unpaired) electrons. The van der Waals surface area contributed by atoms with Gasteiger partial charge >= 0.3 is 0 Å². The quantitative estimate of drug-likeness (QED) is 0.895. The maximum absolute atomic E-state index is 4.25. The van der Waals surface area contributed by atoms with Crippen molar-refractivity contribution in [2.45, 2.75) is 32.9 Å². The molecule has 1 aliphatic rings. The minimum atomic E-state index is 0.963. The highest BCUT2D eigenvalue weighted by molar-refractivity contribution is 5.58. The second-order valence-electron chi connectivity index (χ2n) is 4.76. The summed E-state index contributed by atoms with van der Waals surface area (Å²) in [5.74, 6) is 0.977. The smallest absolute Gasteiger partial charge is 0.163 e. The third-order valence-electron chi connectivity index (χ3n) is 3.43. The van der Waals surface area contributed by atoms with E-state index in [1.165, 1.54) is 16.7 Å². The van der Waals surface area contributed by atoms with Crippen LogP contribution in [0.25, 0.3) is 11.4 Å². The first kappa shape index (κ1) is 11.4. The number of aryl methyl sites for hydroxylation is 1. The summed E-state index contributed by atoms with van der Waals surface area (Å²) < 4.78 is 2.12. The summed E-state index contributed by atoms with van der Waals surface area (Å²) in [5, 5.41) is 11.7. The first-order valence-corrected chi connectivity index (χ1v) is 6.59. The lowest BCUT2D eigenvalue weighted by Crippen LogP contribution is -2.23. The molecule has 4 heteroatoms. The van der Waals surface area contributed by atoms with Gasteiger partial charge in [-0.05, 0) is 36.6 Å². The van der Waals surface area contributed by atoms with E-state index in [1.54, 1.807) is 0 Å². The Kier molecular flexibility index (Phi) is 3.11. The molecule has 4 nitrogen and oxygen atoms in total. The fourth-order valence-electron chi connectivity index (χ4n) is 2.50. The fourth-order valence-corrected chi connectivity index (χ4v) is 2.50. The number of fused-ring (bicyclic) bond motifs is 1. The molecule has 0 spiro atoms. The van der Waals surface area contributed by atoms with Crippen LogP contribution < -0.4 is 5.32 Å². The van der Waals surface area contributed by atoms with Crippen LogP contribution in [0.15, 0.2) is 24.5 Å². The summed E-state index contributed by atoms with van der Waals surface area (Å²) in [4.78, 5) is 0. The maximum atomic E-state index is 4.25. The van der Waals surface area contributed by atoms with Gasteiger partial charge in [-0.1, -0.05) is 19.1 Å². The zero-order chi connectivity index (χ0) is 12.4. The van der Waals surface area contributed by atoms with Gasteiger partial charge in [0.25, 0.3) is 0 Å². The molecule has 0 aliphatic carbocycles. The molecule has 3 rings (SSSR count). The monoisotopic (exact) mass is 242 g/mol. The summed E-state index contributed by atoms with van der Waals surface area (Å²) in [6.45, 7) is 5.18. The number of hydrogen-bond donors (Lipinski definition) is 1. The zero-order valence-corrected chi connectivity index (χ0v) is 10.7. The molecule has 0 fully saturated rings. The van der Waals surface area contributed by atoms with Gasteiger partial charge in [0.2, 0.25) is 0 Å². The third kappa shape index (κ3) is 2.04. The summed E-state index contributed by atoms with van der Waals surface area (Å²) in [7, 11) is 0. The average molecular weight is 242 g/mol. The molecule has 2 heterocycles. The number of aromatic nitrogens is 3. The van der Waals surface area contributed by atoms with Gasteiger partial charge in [-0.25, -0.2) is 0 Å². The molecule has 0 unspecified atom stereocenters. The molecule has 18 heavy (non-hydrogen) atoms. The van der Waals surface area contributed by atoms with Gasteiger partial charge in [-0.15, -0.1) is 10.2 Å². The highest BCUT2D eigenvalue weighted by Crippen LogP contribution is 2.22. The van der Waals surface area contributed by atoms with E-state index in [1.807, 2.05) is 6.33 Å². The number of nitrogens with one attached hydrogen (secondary N) is 1. The standard InChI is InChI=1S/C14H18N4/c1-2-7-18-10-16-17-14(18)12-4-3-11-5-6-15-9-13(11)8-12/h3-4,8,10,15H,2,5-7,9H2,1H3. The molecular formula is C14H18N4. The summed E-state index contributed by atoms with van der Waals surface area (Å²) in [5.41, 5.74) is 4.02. The third-order valence-corrected chi connectivity index (χ3v) is 3.43. The SMILES string of the molecule is CCCn1cnnc1-c1ccc2c(c1)CNCC2. The van der Waals surface area contributed by atoms with E-state index in [4.69, 9.17) is 0 Å². The molecule has 1 aromatic carbocycles. The molecule has 94 valence electrons. The molecular weight excluding hydrogens is 224 g/mol. The molecule has 1 N–H and O–H groups in total. The Labute approximate surface area is 107 Å². The second kappa shape index (κ2) is 4.90. The molecule has 0 atom stereocenters. The lowest BCUT2D eigenvalue weighted by molar-refractivity contribution is 0.643. The van der Waals surface area contributed by atoms with Gasteiger partial charge in [0.1, 0.15) is 6.33 Å². The summed E-state index contributed by atoms with van der Waals surface area (Å²) in [6.07, 6.45) is 4.03. The van der Waals surface area contributed by atoms with E-state index in [9.17, 15) is 0 Å². The molecule has 0 saturated carbocycles. The Morgan fingerprint density at radius 1 is 1.33 bits per heavy atom. The van der Waals surface area contributed by atoms with Crippen LogP contribution >= 0.6 is 0 Å². The number of benzene rings is 1. The first-order chi connectivity index (χ1) is 8.88. The largest absolute Gasteiger partial charge is 0.314 e. The van der Waals surface area contributed by atoms with Crippen LogP contribution in [0.1, 0.15) is 24.5 Å². The van der Waals surface area contributed by atoms with E-state index in [2.05, 4.69) is 45.2 Å². The van der Waals surface area contributed by atoms with Crippen molar-refractivity contribution >= 4 is 0 Å². The lowest BCUT2D eigenvalue weighted by Gasteiger charge is -2.17. The van der Waals surface area contributed by atoms with Crippen LogP contribution in [0, 0.1) is 0 Å². The Balaban J connectivity index is 1.98. The number of rotatable bonds is 3. The van der Waals surface area contributed by atoms with Crippen LogP contribution in [0.3, 0.4) is 0 Å². The van der Waals surface area contributed by atoms with Gasteiger partial charge < -0.3 is 9.88 Å². The highest BCUT2D eigenvalue weighted by Gasteiger charge is 2.12. The Morgan fingerprint density at radius 2 is 2.28 bits per heavy atom. The first-order valence-electron chi connectivity index (χ1n) is 6.59. The van der Waals surface area contributed by atoms with Crippen molar-refractivity contribution in [3.63, 3.8) is 0 Å². The van der Waals surface area contributed by atoms with Crippen molar-refractivity contribution in [3.8, 4) is 11.4 Å². The minimum absolute atomic E-state index is 0.963. The number of hydrogen-bond acceptors (Lipinski definition) is 3. The molecule has 0 bridgehead atoms. The Hall–Kier alpha value is -1.68. The molecule has 2 aromatic rings. The second-order valence-corrected chi connectivity index (χ2v) is 4.76. The minimum Gasteiger partial charge on any atom is -0.314 e. The molecule has 1 aromatic heterocycles. The molecule has 1 aliphatic heterocycles. The zero-order valence-electron chi connectivity index (χ0n) is 10.7. The van der Waals surface area contributed by atoms with E-state index in [0.29, 0.717) is 0 Å². The fraction of sp³-hybridized carbons (Fsp3) is 0.429. The van der Waals surface area contributed by atoms with Crippen molar-refractivity contribution in [1.29, 1.82) is 0 Å². The van der Waals surface area contributed by atoms with Gasteiger partial charge in [0.05, 0.1) is 0 Å². The van der Waals surface area contributed by atoms with Crippen molar-refractivity contribution < 1.29 is 0 Å². The van der Waals surface area contributed by atoms with Crippen molar-refractivity contribution in [2.75, 3.05) is 6.54 Å². The maximum Gasteiger partial charge on any atom is 0.163 e. The van der Waals surface area contributed by atoms with E-state index >= 15 is 0 Å². The summed E-state index contributed by atoms with van der Waals surface area (Å²) >= 11 is 0. The lowest BCUT2D eigenvalue weighted by atomic mass is 9.98. The van der Waals surface area contributed by atoms with Crippen molar-refractivity contribution in [1.82, 2.24) is 20.1 Å². The highest BCUT2D eigenvalue weighted by atomic mass is 15.3. The van der Waals surface area contributed by atoms with Gasteiger partial charge in [-0.3, -0.25) is 0 Å². The van der Waals surface area contributed by atoms with Crippen molar-refractivity contribution in [2.24, 2.45) is 0 Å². The Morgan fingerprint density at radius 3 is 3.17 bits per heavy atom. The van der Waals surface area contributed by atoms with Crippen LogP contribution in [-0.2, 0) is 19.5 Å². The van der Waals surface area contributed by atoms with E-state index in [0.717, 1.165) is 38.3 Å².